The van der Waals surface area contributed by atoms with Crippen LogP contribution in [0, 0.1) is 13.8 Å². The summed E-state index contributed by atoms with van der Waals surface area (Å²) in [7, 11) is 0. The summed E-state index contributed by atoms with van der Waals surface area (Å²) in [4.78, 5) is 33.1. The molecule has 0 saturated carbocycles. The van der Waals surface area contributed by atoms with Crippen molar-refractivity contribution in [2.45, 2.75) is 58.3 Å². The van der Waals surface area contributed by atoms with Gasteiger partial charge in [-0.2, -0.15) is 5.10 Å². The molecule has 4 heterocycles. The molecule has 0 aliphatic carbocycles. The van der Waals surface area contributed by atoms with Gasteiger partial charge in [0.15, 0.2) is 5.69 Å². The number of carbonyl (C=O) groups excluding carboxylic acids is 2. The number of aliphatic hydroxyl groups excluding tert-OH is 2. The number of anilines is 2. The van der Waals surface area contributed by atoms with Crippen LogP contribution in [0.5, 0.6) is 0 Å². The minimum Gasteiger partial charge on any atom is -0.395 e. The molecule has 2 amide bonds. The minimum atomic E-state index is -0.294. The molecule has 5 N–H and O–H groups in total. The lowest BCUT2D eigenvalue weighted by atomic mass is 9.94. The van der Waals surface area contributed by atoms with Crippen LogP contribution in [-0.4, -0.2) is 74.0 Å². The quantitative estimate of drug-likeness (QED) is 0.178. The fourth-order valence-corrected chi connectivity index (χ4v) is 6.40. The Hall–Kier alpha value is -4.42. The van der Waals surface area contributed by atoms with Gasteiger partial charge in [0.2, 0.25) is 0 Å². The van der Waals surface area contributed by atoms with Gasteiger partial charge in [-0.05, 0) is 85.2 Å². The highest BCUT2D eigenvalue weighted by atomic mass is 16.3. The number of nitrogens with zero attached hydrogens (tertiary/aromatic N) is 4. The number of aromatic nitrogens is 3. The van der Waals surface area contributed by atoms with Gasteiger partial charge in [-0.25, -0.2) is 0 Å². The van der Waals surface area contributed by atoms with Gasteiger partial charge in [-0.1, -0.05) is 30.3 Å². The highest BCUT2D eigenvalue weighted by molar-refractivity contribution is 6.05. The SMILES string of the molecule is Cc1c(NC(=O)c2ccc(CN3CC[C@@H](O)C3)cn2)cccc1-c1cccc(NC(=O)c2cc3n(n2)CCC[C@@H]3NCCO)c1C. The van der Waals surface area contributed by atoms with Gasteiger partial charge >= 0.3 is 0 Å². The predicted molar refractivity (Wildman–Crippen MR) is 177 cm³/mol. The van der Waals surface area contributed by atoms with Crippen LogP contribution in [0.1, 0.15) is 68.7 Å². The van der Waals surface area contributed by atoms with Crippen LogP contribution in [0.2, 0.25) is 0 Å². The number of β-amino-alcohol motifs (C(OH)–C–C–N with tert-alkyl or cyclic N) is 1. The molecule has 6 rings (SSSR count). The molecule has 2 aromatic carbocycles. The Labute approximate surface area is 268 Å². The van der Waals surface area contributed by atoms with Crippen molar-refractivity contribution in [2.24, 2.45) is 0 Å². The van der Waals surface area contributed by atoms with Gasteiger partial charge in [-0.15, -0.1) is 0 Å². The highest BCUT2D eigenvalue weighted by Gasteiger charge is 2.25. The van der Waals surface area contributed by atoms with Crippen molar-refractivity contribution < 1.29 is 19.8 Å². The number of likely N-dealkylation sites (tertiary alicyclic amines) is 1. The van der Waals surface area contributed by atoms with E-state index < -0.39 is 0 Å². The van der Waals surface area contributed by atoms with E-state index in [9.17, 15) is 19.8 Å². The van der Waals surface area contributed by atoms with Crippen LogP contribution in [-0.2, 0) is 13.1 Å². The number of hydrogen-bond donors (Lipinski definition) is 5. The molecule has 46 heavy (non-hydrogen) atoms. The van der Waals surface area contributed by atoms with E-state index in [4.69, 9.17) is 0 Å². The molecule has 2 aliphatic rings. The van der Waals surface area contributed by atoms with Gasteiger partial charge in [-0.3, -0.25) is 24.2 Å². The number of hydrogen-bond acceptors (Lipinski definition) is 8. The first-order valence-electron chi connectivity index (χ1n) is 15.9. The molecule has 11 nitrogen and oxygen atoms in total. The highest BCUT2D eigenvalue weighted by Crippen LogP contribution is 2.34. The lowest BCUT2D eigenvalue weighted by molar-refractivity contribution is 0.101. The van der Waals surface area contributed by atoms with Crippen LogP contribution in [0.3, 0.4) is 0 Å². The van der Waals surface area contributed by atoms with Crippen molar-refractivity contribution in [3.8, 4) is 11.1 Å². The molecule has 4 aromatic rings. The number of benzene rings is 2. The summed E-state index contributed by atoms with van der Waals surface area (Å²) in [5.74, 6) is -0.574. The summed E-state index contributed by atoms with van der Waals surface area (Å²) >= 11 is 0. The zero-order valence-electron chi connectivity index (χ0n) is 26.3. The number of rotatable bonds is 10. The summed E-state index contributed by atoms with van der Waals surface area (Å²) < 4.78 is 1.88. The van der Waals surface area contributed by atoms with Crippen molar-refractivity contribution in [1.82, 2.24) is 25.0 Å². The zero-order chi connectivity index (χ0) is 32.2. The zero-order valence-corrected chi connectivity index (χ0v) is 26.3. The Morgan fingerprint density at radius 3 is 2.22 bits per heavy atom. The molecular weight excluding hydrogens is 582 g/mol. The maximum Gasteiger partial charge on any atom is 0.276 e. The number of amides is 2. The third-order valence-corrected chi connectivity index (χ3v) is 8.93. The smallest absolute Gasteiger partial charge is 0.276 e. The van der Waals surface area contributed by atoms with Crippen molar-refractivity contribution >= 4 is 23.2 Å². The first-order valence-corrected chi connectivity index (χ1v) is 15.9. The Morgan fingerprint density at radius 1 is 0.913 bits per heavy atom. The average Bonchev–Trinajstić information content (AvgIpc) is 3.69. The van der Waals surface area contributed by atoms with Crippen molar-refractivity contribution in [3.63, 3.8) is 0 Å². The molecule has 0 unspecified atom stereocenters. The summed E-state index contributed by atoms with van der Waals surface area (Å²) in [5.41, 5.74) is 7.69. The maximum atomic E-state index is 13.3. The molecule has 0 spiro atoms. The van der Waals surface area contributed by atoms with Crippen LogP contribution in [0.15, 0.2) is 60.8 Å². The van der Waals surface area contributed by atoms with Gasteiger partial charge in [0.25, 0.3) is 11.8 Å². The average molecular weight is 624 g/mol. The van der Waals surface area contributed by atoms with E-state index in [1.54, 1.807) is 12.3 Å². The molecule has 2 aliphatic heterocycles. The lowest BCUT2D eigenvalue weighted by Gasteiger charge is -2.24. The second-order valence-electron chi connectivity index (χ2n) is 12.1. The fraction of sp³-hybridized carbons (Fsp3) is 0.371. The number of nitrogens with one attached hydrogen (secondary N) is 3. The topological polar surface area (TPSA) is 145 Å². The Bertz CT molecular complexity index is 1720. The second-order valence-corrected chi connectivity index (χ2v) is 12.1. The van der Waals surface area contributed by atoms with Crippen LogP contribution in [0.25, 0.3) is 11.1 Å². The lowest BCUT2D eigenvalue weighted by Crippen LogP contribution is -2.29. The largest absolute Gasteiger partial charge is 0.395 e. The summed E-state index contributed by atoms with van der Waals surface area (Å²) in [6, 6.07) is 17.1. The number of carbonyl (C=O) groups is 2. The molecule has 1 fully saturated rings. The number of pyridine rings is 1. The standard InChI is InChI=1S/C35H41N7O4/c1-22-26(6-3-8-28(22)38-34(45)31-12-11-24(19-37-31)20-41-16-13-25(44)21-41)27-7-4-9-29(23(27)2)39-35(46)32-18-33-30(36-14-17-43)10-5-15-42(33)40-32/h3-4,6-9,11-12,18-19,25,30,36,43-44H,5,10,13-17,20-21H2,1-2H3,(H,38,45)(H,39,46)/t25-,30+/m1/s1. The van der Waals surface area contributed by atoms with Gasteiger partial charge in [0, 0.05) is 56.3 Å². The van der Waals surface area contributed by atoms with E-state index in [0.29, 0.717) is 42.4 Å². The number of aryl methyl sites for hydroxylation is 1. The van der Waals surface area contributed by atoms with E-state index in [2.05, 4.69) is 30.9 Å². The predicted octanol–water partition coefficient (Wildman–Crippen LogP) is 4.05. The molecule has 0 radical (unpaired) electrons. The van der Waals surface area contributed by atoms with Gasteiger partial charge in [0.1, 0.15) is 5.69 Å². The van der Waals surface area contributed by atoms with E-state index in [-0.39, 0.29) is 30.6 Å². The summed E-state index contributed by atoms with van der Waals surface area (Å²) in [6.07, 6.45) is 4.11. The van der Waals surface area contributed by atoms with Crippen LogP contribution in [0.4, 0.5) is 11.4 Å². The van der Waals surface area contributed by atoms with Crippen LogP contribution >= 0.6 is 0 Å². The normalized spacial score (nSPS) is 17.9. The summed E-state index contributed by atoms with van der Waals surface area (Å²) in [6.45, 7) is 7.44. The monoisotopic (exact) mass is 623 g/mol. The molecule has 11 heteroatoms. The van der Waals surface area contributed by atoms with Crippen molar-refractivity contribution in [2.75, 3.05) is 36.9 Å². The number of fused-ring (bicyclic) bond motifs is 1. The molecule has 2 atom stereocenters. The third-order valence-electron chi connectivity index (χ3n) is 8.93. The van der Waals surface area contributed by atoms with Crippen molar-refractivity contribution in [3.05, 3.63) is 94.6 Å². The van der Waals surface area contributed by atoms with Gasteiger partial charge < -0.3 is 26.2 Å². The number of aliphatic hydroxyl groups is 2. The van der Waals surface area contributed by atoms with E-state index in [1.165, 1.54) is 0 Å². The Kier molecular flexibility index (Phi) is 9.55. The molecule has 2 aromatic heterocycles. The molecule has 240 valence electrons. The first kappa shape index (κ1) is 31.6. The molecule has 1 saturated heterocycles. The van der Waals surface area contributed by atoms with E-state index in [0.717, 1.165) is 65.9 Å². The van der Waals surface area contributed by atoms with E-state index in [1.807, 2.05) is 67.1 Å². The Morgan fingerprint density at radius 2 is 1.61 bits per heavy atom. The van der Waals surface area contributed by atoms with Gasteiger partial charge in [0.05, 0.1) is 18.4 Å². The van der Waals surface area contributed by atoms with Crippen LogP contribution < -0.4 is 16.0 Å². The maximum absolute atomic E-state index is 13.3. The minimum absolute atomic E-state index is 0.0555. The van der Waals surface area contributed by atoms with Crippen molar-refractivity contribution in [1.29, 1.82) is 0 Å². The second kappa shape index (κ2) is 13.9. The first-order chi connectivity index (χ1) is 22.3. The molecule has 0 bridgehead atoms. The third kappa shape index (κ3) is 6.87. The van der Waals surface area contributed by atoms with E-state index >= 15 is 0 Å². The Balaban J connectivity index is 1.15. The molecular formula is C35H41N7O4. The summed E-state index contributed by atoms with van der Waals surface area (Å²) in [5, 5.41) is 33.0. The fourth-order valence-electron chi connectivity index (χ4n) is 6.40.